The fourth-order valence-electron chi connectivity index (χ4n) is 1.72. The lowest BCUT2D eigenvalue weighted by Gasteiger charge is -2.31. The van der Waals surface area contributed by atoms with Gasteiger partial charge < -0.3 is 14.4 Å². The van der Waals surface area contributed by atoms with E-state index in [2.05, 4.69) is 11.8 Å². The highest BCUT2D eigenvalue weighted by molar-refractivity contribution is 5.69. The highest BCUT2D eigenvalue weighted by atomic mass is 16.5. The van der Waals surface area contributed by atoms with Crippen LogP contribution in [0.4, 0.5) is 0 Å². The third kappa shape index (κ3) is 6.00. The first-order chi connectivity index (χ1) is 8.09. The summed E-state index contributed by atoms with van der Waals surface area (Å²) in [5.41, 5.74) is 0. The molecule has 1 fully saturated rings. The molecule has 1 heterocycles. The lowest BCUT2D eigenvalue weighted by Crippen LogP contribution is -2.44. The number of carbonyl (C=O) groups is 1. The normalized spacial score (nSPS) is 19.3. The second-order valence-electron chi connectivity index (χ2n) is 4.73. The van der Waals surface area contributed by atoms with E-state index in [-0.39, 0.29) is 12.0 Å². The lowest BCUT2D eigenvalue weighted by molar-refractivity contribution is -0.146. The van der Waals surface area contributed by atoms with E-state index in [0.717, 1.165) is 32.8 Å². The number of rotatable bonds is 6. The summed E-state index contributed by atoms with van der Waals surface area (Å²) in [5.74, 6) is -0.112. The van der Waals surface area contributed by atoms with Crippen LogP contribution in [-0.2, 0) is 14.3 Å². The van der Waals surface area contributed by atoms with E-state index in [1.54, 1.807) is 0 Å². The maximum absolute atomic E-state index is 11.4. The maximum atomic E-state index is 11.4. The van der Waals surface area contributed by atoms with E-state index in [9.17, 15) is 4.79 Å². The SMILES string of the molecule is CC(COC(=O)CCN(C)C)N1CCOCC1. The number of nitrogens with zero attached hydrogens (tertiary/aromatic N) is 2. The van der Waals surface area contributed by atoms with E-state index in [1.165, 1.54) is 0 Å². The zero-order valence-corrected chi connectivity index (χ0v) is 11.1. The number of morpholine rings is 1. The molecule has 1 unspecified atom stereocenters. The van der Waals surface area contributed by atoms with Crippen LogP contribution in [0.2, 0.25) is 0 Å². The van der Waals surface area contributed by atoms with Crippen molar-refractivity contribution in [2.75, 3.05) is 53.6 Å². The van der Waals surface area contributed by atoms with Crippen molar-refractivity contribution in [1.29, 1.82) is 0 Å². The Hall–Kier alpha value is -0.650. The second kappa shape index (κ2) is 7.63. The molecule has 100 valence electrons. The van der Waals surface area contributed by atoms with Crippen molar-refractivity contribution in [3.8, 4) is 0 Å². The van der Waals surface area contributed by atoms with Gasteiger partial charge in [0.2, 0.25) is 0 Å². The van der Waals surface area contributed by atoms with Crippen LogP contribution in [0, 0.1) is 0 Å². The predicted octanol–water partition coefficient (Wildman–Crippen LogP) is 0.202. The molecule has 0 amide bonds. The average molecular weight is 244 g/mol. The van der Waals surface area contributed by atoms with E-state index in [0.29, 0.717) is 13.0 Å². The standard InChI is InChI=1S/C12H24N2O3/c1-11(14-6-8-16-9-7-14)10-17-12(15)4-5-13(2)3/h11H,4-10H2,1-3H3. The molecule has 1 aliphatic rings. The van der Waals surface area contributed by atoms with E-state index in [1.807, 2.05) is 19.0 Å². The summed E-state index contributed by atoms with van der Waals surface area (Å²) < 4.78 is 10.5. The van der Waals surface area contributed by atoms with Crippen molar-refractivity contribution >= 4 is 5.97 Å². The van der Waals surface area contributed by atoms with Crippen LogP contribution in [0.25, 0.3) is 0 Å². The van der Waals surface area contributed by atoms with Crippen LogP contribution in [-0.4, -0.2) is 75.4 Å². The van der Waals surface area contributed by atoms with Gasteiger partial charge in [0.1, 0.15) is 6.61 Å². The average Bonchev–Trinajstić information content (AvgIpc) is 2.34. The topological polar surface area (TPSA) is 42.0 Å². The van der Waals surface area contributed by atoms with Gasteiger partial charge in [0.05, 0.1) is 19.6 Å². The number of ether oxygens (including phenoxy) is 2. The molecule has 1 saturated heterocycles. The van der Waals surface area contributed by atoms with Gasteiger partial charge in [-0.3, -0.25) is 9.69 Å². The first-order valence-electron chi connectivity index (χ1n) is 6.21. The molecule has 0 aromatic rings. The van der Waals surface area contributed by atoms with E-state index >= 15 is 0 Å². The number of hydrogen-bond acceptors (Lipinski definition) is 5. The quantitative estimate of drug-likeness (QED) is 0.625. The zero-order chi connectivity index (χ0) is 12.7. The molecule has 0 aromatic heterocycles. The van der Waals surface area contributed by atoms with Crippen molar-refractivity contribution in [3.63, 3.8) is 0 Å². The molecule has 0 spiro atoms. The van der Waals surface area contributed by atoms with Gasteiger partial charge in [0.25, 0.3) is 0 Å². The predicted molar refractivity (Wildman–Crippen MR) is 66.0 cm³/mol. The van der Waals surface area contributed by atoms with Crippen molar-refractivity contribution in [1.82, 2.24) is 9.80 Å². The zero-order valence-electron chi connectivity index (χ0n) is 11.1. The molecule has 0 saturated carbocycles. The first kappa shape index (κ1) is 14.4. The summed E-state index contributed by atoms with van der Waals surface area (Å²) in [6.07, 6.45) is 0.461. The summed E-state index contributed by atoms with van der Waals surface area (Å²) in [5, 5.41) is 0. The molecule has 0 N–H and O–H groups in total. The van der Waals surface area contributed by atoms with Gasteiger partial charge in [-0.15, -0.1) is 0 Å². The molecular weight excluding hydrogens is 220 g/mol. The Labute approximate surface area is 104 Å². The van der Waals surface area contributed by atoms with Gasteiger partial charge in [-0.25, -0.2) is 0 Å². The minimum atomic E-state index is -0.112. The van der Waals surface area contributed by atoms with Gasteiger partial charge in [-0.2, -0.15) is 0 Å². The first-order valence-corrected chi connectivity index (χ1v) is 6.21. The molecule has 0 bridgehead atoms. The highest BCUT2D eigenvalue weighted by Gasteiger charge is 2.18. The van der Waals surface area contributed by atoms with Gasteiger partial charge in [0.15, 0.2) is 0 Å². The molecule has 1 rings (SSSR count). The van der Waals surface area contributed by atoms with E-state index < -0.39 is 0 Å². The van der Waals surface area contributed by atoms with Crippen molar-refractivity contribution in [2.24, 2.45) is 0 Å². The highest BCUT2D eigenvalue weighted by Crippen LogP contribution is 2.04. The largest absolute Gasteiger partial charge is 0.464 e. The summed E-state index contributed by atoms with van der Waals surface area (Å²) in [7, 11) is 3.90. The van der Waals surface area contributed by atoms with Gasteiger partial charge in [-0.05, 0) is 21.0 Å². The Morgan fingerprint density at radius 2 is 2.06 bits per heavy atom. The molecule has 5 heteroatoms. The third-order valence-corrected chi connectivity index (χ3v) is 2.92. The molecular formula is C12H24N2O3. The summed E-state index contributed by atoms with van der Waals surface area (Å²) in [6, 6.07) is 0.280. The maximum Gasteiger partial charge on any atom is 0.307 e. The van der Waals surface area contributed by atoms with Crippen LogP contribution < -0.4 is 0 Å². The Morgan fingerprint density at radius 3 is 2.65 bits per heavy atom. The second-order valence-corrected chi connectivity index (χ2v) is 4.73. The van der Waals surface area contributed by atoms with Gasteiger partial charge in [0, 0.05) is 25.7 Å². The van der Waals surface area contributed by atoms with Crippen molar-refractivity contribution < 1.29 is 14.3 Å². The van der Waals surface area contributed by atoms with Gasteiger partial charge in [-0.1, -0.05) is 0 Å². The fourth-order valence-corrected chi connectivity index (χ4v) is 1.72. The van der Waals surface area contributed by atoms with Gasteiger partial charge >= 0.3 is 5.97 Å². The minimum absolute atomic E-state index is 0.112. The molecule has 17 heavy (non-hydrogen) atoms. The molecule has 0 aromatic carbocycles. The molecule has 0 aliphatic carbocycles. The summed E-state index contributed by atoms with van der Waals surface area (Å²) in [6.45, 7) is 6.71. The monoisotopic (exact) mass is 244 g/mol. The Bertz CT molecular complexity index is 228. The van der Waals surface area contributed by atoms with Crippen LogP contribution in [0.15, 0.2) is 0 Å². The minimum Gasteiger partial charge on any atom is -0.464 e. The molecule has 0 radical (unpaired) electrons. The molecule has 1 atom stereocenters. The Morgan fingerprint density at radius 1 is 1.41 bits per heavy atom. The summed E-state index contributed by atoms with van der Waals surface area (Å²) >= 11 is 0. The third-order valence-electron chi connectivity index (χ3n) is 2.92. The lowest BCUT2D eigenvalue weighted by atomic mass is 10.3. The smallest absolute Gasteiger partial charge is 0.307 e. The van der Waals surface area contributed by atoms with Crippen LogP contribution >= 0.6 is 0 Å². The van der Waals surface area contributed by atoms with Crippen molar-refractivity contribution in [2.45, 2.75) is 19.4 Å². The Kier molecular flexibility index (Phi) is 6.47. The number of esters is 1. The molecule has 1 aliphatic heterocycles. The number of hydrogen-bond donors (Lipinski definition) is 0. The molecule has 5 nitrogen and oxygen atoms in total. The van der Waals surface area contributed by atoms with E-state index in [4.69, 9.17) is 9.47 Å². The summed E-state index contributed by atoms with van der Waals surface area (Å²) in [4.78, 5) is 15.7. The number of carbonyl (C=O) groups excluding carboxylic acids is 1. The van der Waals surface area contributed by atoms with Crippen LogP contribution in [0.5, 0.6) is 0 Å². The Balaban J connectivity index is 2.13. The van der Waals surface area contributed by atoms with Crippen molar-refractivity contribution in [3.05, 3.63) is 0 Å². The van der Waals surface area contributed by atoms with Crippen LogP contribution in [0.3, 0.4) is 0 Å². The van der Waals surface area contributed by atoms with Crippen LogP contribution in [0.1, 0.15) is 13.3 Å². The fraction of sp³-hybridized carbons (Fsp3) is 0.917.